The van der Waals surface area contributed by atoms with Gasteiger partial charge in [-0.25, -0.2) is 9.97 Å². The highest BCUT2D eigenvalue weighted by Crippen LogP contribution is 2.24. The molecule has 3 rings (SSSR count). The maximum Gasteiger partial charge on any atom is 0.294 e. The number of imidazole rings is 2. The van der Waals surface area contributed by atoms with E-state index in [4.69, 9.17) is 0 Å². The molecule has 0 fully saturated rings. The van der Waals surface area contributed by atoms with Crippen LogP contribution in [0.15, 0.2) is 55.6 Å². The molecule has 2 heterocycles. The van der Waals surface area contributed by atoms with Crippen molar-refractivity contribution in [3.8, 4) is 5.69 Å². The number of aryl methyl sites for hydroxylation is 1. The minimum Gasteiger partial charge on any atom is -0.352 e. The summed E-state index contributed by atoms with van der Waals surface area (Å²) >= 11 is 0. The van der Waals surface area contributed by atoms with Crippen molar-refractivity contribution in [3.05, 3.63) is 71.3 Å². The van der Waals surface area contributed by atoms with Crippen LogP contribution in [-0.2, 0) is 6.54 Å². The lowest BCUT2D eigenvalue weighted by Crippen LogP contribution is -2.25. The number of nitro groups is 1. The molecule has 0 aliphatic carbocycles. The number of carbonyl (C=O) groups is 1. The molecule has 0 aliphatic heterocycles. The second-order valence-electron chi connectivity index (χ2n) is 5.34. The van der Waals surface area contributed by atoms with Crippen molar-refractivity contribution in [1.29, 1.82) is 0 Å². The van der Waals surface area contributed by atoms with Crippen LogP contribution in [0, 0.1) is 10.1 Å². The normalized spacial score (nSPS) is 10.6. The van der Waals surface area contributed by atoms with Gasteiger partial charge in [-0.3, -0.25) is 14.9 Å². The van der Waals surface area contributed by atoms with E-state index in [1.54, 1.807) is 30.9 Å². The summed E-state index contributed by atoms with van der Waals surface area (Å²) < 4.78 is 3.45. The smallest absolute Gasteiger partial charge is 0.294 e. The van der Waals surface area contributed by atoms with Crippen LogP contribution in [0.3, 0.4) is 0 Å². The Morgan fingerprint density at radius 2 is 2.00 bits per heavy atom. The Morgan fingerprint density at radius 1 is 1.20 bits per heavy atom. The van der Waals surface area contributed by atoms with Gasteiger partial charge in [-0.15, -0.1) is 0 Å². The molecule has 128 valence electrons. The summed E-state index contributed by atoms with van der Waals surface area (Å²) in [5.74, 6) is -0.342. The third kappa shape index (κ3) is 3.89. The zero-order chi connectivity index (χ0) is 17.6. The van der Waals surface area contributed by atoms with E-state index in [1.165, 1.54) is 23.2 Å². The number of nitrogens with zero attached hydrogens (tertiary/aromatic N) is 5. The summed E-state index contributed by atoms with van der Waals surface area (Å²) in [5, 5.41) is 14.1. The van der Waals surface area contributed by atoms with Gasteiger partial charge in [0.2, 0.25) is 0 Å². The quantitative estimate of drug-likeness (QED) is 0.401. The van der Waals surface area contributed by atoms with Crippen LogP contribution in [0.25, 0.3) is 5.69 Å². The van der Waals surface area contributed by atoms with Crippen LogP contribution in [-0.4, -0.2) is 36.5 Å². The average molecular weight is 340 g/mol. The Hall–Kier alpha value is -3.49. The van der Waals surface area contributed by atoms with Gasteiger partial charge in [0.15, 0.2) is 0 Å². The van der Waals surface area contributed by atoms with Crippen LogP contribution >= 0.6 is 0 Å². The largest absolute Gasteiger partial charge is 0.352 e. The zero-order valence-electron chi connectivity index (χ0n) is 13.3. The van der Waals surface area contributed by atoms with E-state index in [0.29, 0.717) is 12.2 Å². The van der Waals surface area contributed by atoms with Gasteiger partial charge in [0.1, 0.15) is 5.69 Å². The average Bonchev–Trinajstić information content (AvgIpc) is 3.31. The highest BCUT2D eigenvalue weighted by molar-refractivity contribution is 5.95. The maximum atomic E-state index is 12.2. The van der Waals surface area contributed by atoms with E-state index < -0.39 is 4.92 Å². The van der Waals surface area contributed by atoms with Crippen molar-refractivity contribution in [3.63, 3.8) is 0 Å². The molecule has 0 saturated carbocycles. The Balaban J connectivity index is 1.66. The molecule has 0 unspecified atom stereocenters. The highest BCUT2D eigenvalue weighted by atomic mass is 16.6. The maximum absolute atomic E-state index is 12.2. The van der Waals surface area contributed by atoms with Crippen LogP contribution in [0.5, 0.6) is 0 Å². The van der Waals surface area contributed by atoms with Gasteiger partial charge in [-0.1, -0.05) is 0 Å². The SMILES string of the molecule is O=C(NCCCn1ccnc1)c1ccc(-n2ccnc2)c([N+](=O)[O-])c1. The summed E-state index contributed by atoms with van der Waals surface area (Å²) in [6.45, 7) is 1.20. The molecular weight excluding hydrogens is 324 g/mol. The first-order chi connectivity index (χ1) is 12.1. The number of amides is 1. The second-order valence-corrected chi connectivity index (χ2v) is 5.34. The van der Waals surface area contributed by atoms with Crippen molar-refractivity contribution < 1.29 is 9.72 Å². The van der Waals surface area contributed by atoms with Crippen molar-refractivity contribution in [2.45, 2.75) is 13.0 Å². The van der Waals surface area contributed by atoms with Gasteiger partial charge in [0.25, 0.3) is 11.6 Å². The van der Waals surface area contributed by atoms with Crippen LogP contribution < -0.4 is 5.32 Å². The molecule has 1 N–H and O–H groups in total. The molecule has 1 amide bonds. The van der Waals surface area contributed by atoms with E-state index in [1.807, 2.05) is 10.8 Å². The molecule has 0 radical (unpaired) electrons. The van der Waals surface area contributed by atoms with Crippen LogP contribution in [0.4, 0.5) is 5.69 Å². The molecule has 0 bridgehead atoms. The van der Waals surface area contributed by atoms with E-state index in [2.05, 4.69) is 15.3 Å². The molecule has 0 aliphatic rings. The number of nitrogens with one attached hydrogen (secondary N) is 1. The first-order valence-corrected chi connectivity index (χ1v) is 7.66. The predicted octanol–water partition coefficient (Wildman–Crippen LogP) is 1.80. The fourth-order valence-electron chi connectivity index (χ4n) is 2.42. The molecular formula is C16H16N6O3. The number of carbonyl (C=O) groups excluding carboxylic acids is 1. The van der Waals surface area contributed by atoms with Gasteiger partial charge in [-0.2, -0.15) is 0 Å². The van der Waals surface area contributed by atoms with E-state index in [9.17, 15) is 14.9 Å². The van der Waals surface area contributed by atoms with E-state index >= 15 is 0 Å². The first-order valence-electron chi connectivity index (χ1n) is 7.66. The van der Waals surface area contributed by atoms with Crippen molar-refractivity contribution >= 4 is 11.6 Å². The summed E-state index contributed by atoms with van der Waals surface area (Å²) in [5.41, 5.74) is 0.460. The Labute approximate surface area is 143 Å². The van der Waals surface area contributed by atoms with Gasteiger partial charge < -0.3 is 14.5 Å². The standard InChI is InChI=1S/C16H16N6O3/c23-16(19-4-1-7-20-8-5-17-11-20)13-2-3-14(15(10-13)22(24)25)21-9-6-18-12-21/h2-3,5-6,8-12H,1,4,7H2,(H,19,23). The lowest BCUT2D eigenvalue weighted by atomic mass is 10.1. The molecule has 3 aromatic rings. The molecule has 9 nitrogen and oxygen atoms in total. The van der Waals surface area contributed by atoms with E-state index in [0.717, 1.165) is 13.0 Å². The van der Waals surface area contributed by atoms with Gasteiger partial charge in [0.05, 0.1) is 17.6 Å². The summed E-state index contributed by atoms with van der Waals surface area (Å²) in [7, 11) is 0. The fraction of sp³-hybridized carbons (Fsp3) is 0.188. The number of benzene rings is 1. The third-order valence-corrected chi connectivity index (χ3v) is 3.65. The van der Waals surface area contributed by atoms with Crippen LogP contribution in [0.2, 0.25) is 0 Å². The zero-order valence-corrected chi connectivity index (χ0v) is 13.3. The Bertz CT molecular complexity index is 858. The topological polar surface area (TPSA) is 108 Å². The lowest BCUT2D eigenvalue weighted by Gasteiger charge is -2.08. The van der Waals surface area contributed by atoms with Gasteiger partial charge >= 0.3 is 0 Å². The molecule has 25 heavy (non-hydrogen) atoms. The summed E-state index contributed by atoms with van der Waals surface area (Å²) in [6.07, 6.45) is 10.6. The Kier molecular flexibility index (Phi) is 4.84. The molecule has 0 spiro atoms. The lowest BCUT2D eigenvalue weighted by molar-refractivity contribution is -0.384. The van der Waals surface area contributed by atoms with Gasteiger partial charge in [0, 0.05) is 49.5 Å². The Morgan fingerprint density at radius 3 is 2.68 bits per heavy atom. The number of rotatable bonds is 7. The monoisotopic (exact) mass is 340 g/mol. The van der Waals surface area contributed by atoms with E-state index in [-0.39, 0.29) is 17.2 Å². The molecule has 0 atom stereocenters. The minimum atomic E-state index is -0.509. The number of nitro benzene ring substituents is 1. The molecule has 1 aromatic carbocycles. The number of aromatic nitrogens is 4. The third-order valence-electron chi connectivity index (χ3n) is 3.65. The fourth-order valence-corrected chi connectivity index (χ4v) is 2.42. The van der Waals surface area contributed by atoms with Gasteiger partial charge in [-0.05, 0) is 18.6 Å². The van der Waals surface area contributed by atoms with Crippen molar-refractivity contribution in [2.75, 3.05) is 6.54 Å². The number of hydrogen-bond donors (Lipinski definition) is 1. The summed E-state index contributed by atoms with van der Waals surface area (Å²) in [6, 6.07) is 4.38. The molecule has 9 heteroatoms. The van der Waals surface area contributed by atoms with Crippen LogP contribution in [0.1, 0.15) is 16.8 Å². The molecule has 0 saturated heterocycles. The second kappa shape index (κ2) is 7.39. The first kappa shape index (κ1) is 16.4. The predicted molar refractivity (Wildman–Crippen MR) is 89.4 cm³/mol. The summed E-state index contributed by atoms with van der Waals surface area (Å²) in [4.78, 5) is 30.8. The minimum absolute atomic E-state index is 0.149. The van der Waals surface area contributed by atoms with Crippen molar-refractivity contribution in [1.82, 2.24) is 24.4 Å². The molecule has 2 aromatic heterocycles. The highest BCUT2D eigenvalue weighted by Gasteiger charge is 2.18. The number of hydrogen-bond acceptors (Lipinski definition) is 5. The van der Waals surface area contributed by atoms with Crippen molar-refractivity contribution in [2.24, 2.45) is 0 Å².